The molecule has 2 unspecified atom stereocenters. The van der Waals surface area contributed by atoms with Gasteiger partial charge < -0.3 is 0 Å². The molecule has 2 aromatic rings. The van der Waals surface area contributed by atoms with Gasteiger partial charge in [-0.05, 0) is 52.8 Å². The standard InChI is InChI=1S/C20H25/c1-15-8-11-18(12-9-15)20(2,3)19-13-10-16-6-4-5-7-17(16)14-19/h4-7,10-11,13-15,18H,8-9,12H2,1-3H3. The maximum atomic E-state index is 2.57. The molecule has 0 N–H and O–H groups in total. The van der Waals surface area contributed by atoms with Gasteiger partial charge in [-0.25, -0.2) is 0 Å². The Bertz CT molecular complexity index is 586. The summed E-state index contributed by atoms with van der Waals surface area (Å²) < 4.78 is 0. The zero-order valence-corrected chi connectivity index (χ0v) is 12.9. The summed E-state index contributed by atoms with van der Waals surface area (Å²) in [6.45, 7) is 7.19. The van der Waals surface area contributed by atoms with Crippen LogP contribution in [0, 0.1) is 18.3 Å². The molecule has 0 aliphatic heterocycles. The summed E-state index contributed by atoms with van der Waals surface area (Å²) in [6.07, 6.45) is 6.56. The normalized spacial score (nSPS) is 23.9. The zero-order valence-electron chi connectivity index (χ0n) is 12.9. The molecule has 1 radical (unpaired) electrons. The highest BCUT2D eigenvalue weighted by Crippen LogP contribution is 2.42. The number of rotatable bonds is 2. The highest BCUT2D eigenvalue weighted by Gasteiger charge is 2.33. The van der Waals surface area contributed by atoms with E-state index in [1.54, 1.807) is 0 Å². The minimum absolute atomic E-state index is 0.240. The quantitative estimate of drug-likeness (QED) is 0.647. The zero-order chi connectivity index (χ0) is 14.2. The maximum Gasteiger partial charge on any atom is -0.00723 e. The summed E-state index contributed by atoms with van der Waals surface area (Å²) in [7, 11) is 0. The van der Waals surface area contributed by atoms with Gasteiger partial charge in [-0.1, -0.05) is 69.7 Å². The molecular weight excluding hydrogens is 240 g/mol. The average molecular weight is 265 g/mol. The third kappa shape index (κ3) is 2.49. The molecule has 0 heteroatoms. The smallest absolute Gasteiger partial charge is 0.00723 e. The molecule has 0 saturated heterocycles. The van der Waals surface area contributed by atoms with Crippen LogP contribution in [0.3, 0.4) is 0 Å². The summed E-state index contributed by atoms with van der Waals surface area (Å²) in [6, 6.07) is 15.7. The van der Waals surface area contributed by atoms with Crippen molar-refractivity contribution in [3.63, 3.8) is 0 Å². The molecule has 1 saturated carbocycles. The molecule has 105 valence electrons. The van der Waals surface area contributed by atoms with Crippen molar-refractivity contribution >= 4 is 10.8 Å². The van der Waals surface area contributed by atoms with Gasteiger partial charge in [0.05, 0.1) is 0 Å². The Balaban J connectivity index is 1.92. The van der Waals surface area contributed by atoms with Crippen molar-refractivity contribution in [3.8, 4) is 0 Å². The molecule has 0 aromatic heterocycles. The summed E-state index contributed by atoms with van der Waals surface area (Å²) in [5, 5.41) is 2.70. The van der Waals surface area contributed by atoms with Crippen LogP contribution >= 0.6 is 0 Å². The Morgan fingerprint density at radius 1 is 0.950 bits per heavy atom. The summed E-state index contributed by atoms with van der Waals surface area (Å²) >= 11 is 0. The lowest BCUT2D eigenvalue weighted by atomic mass is 9.66. The summed E-state index contributed by atoms with van der Waals surface area (Å²) in [5.41, 5.74) is 1.72. The van der Waals surface area contributed by atoms with Gasteiger partial charge >= 0.3 is 0 Å². The summed E-state index contributed by atoms with van der Waals surface area (Å²) in [4.78, 5) is 0. The average Bonchev–Trinajstić information content (AvgIpc) is 2.47. The lowest BCUT2D eigenvalue weighted by Gasteiger charge is -2.39. The first-order chi connectivity index (χ1) is 9.57. The van der Waals surface area contributed by atoms with Crippen molar-refractivity contribution in [2.75, 3.05) is 0 Å². The van der Waals surface area contributed by atoms with E-state index in [-0.39, 0.29) is 5.41 Å². The molecule has 0 amide bonds. The SMILES string of the molecule is CC1C[CH]C(C(C)(C)c2ccc3ccccc3c2)CC1. The van der Waals surface area contributed by atoms with Crippen LogP contribution in [0.4, 0.5) is 0 Å². The van der Waals surface area contributed by atoms with E-state index in [0.717, 1.165) is 5.92 Å². The second-order valence-corrected chi connectivity index (χ2v) is 7.04. The van der Waals surface area contributed by atoms with Crippen molar-refractivity contribution in [2.45, 2.75) is 45.4 Å². The Hall–Kier alpha value is -1.30. The van der Waals surface area contributed by atoms with Crippen LogP contribution in [-0.4, -0.2) is 0 Å². The maximum absolute atomic E-state index is 2.57. The van der Waals surface area contributed by atoms with Gasteiger partial charge in [0, 0.05) is 0 Å². The Morgan fingerprint density at radius 2 is 1.70 bits per heavy atom. The van der Waals surface area contributed by atoms with Crippen LogP contribution in [0.5, 0.6) is 0 Å². The van der Waals surface area contributed by atoms with E-state index in [0.29, 0.717) is 5.92 Å². The number of hydrogen-bond acceptors (Lipinski definition) is 0. The molecule has 20 heavy (non-hydrogen) atoms. The molecule has 1 aliphatic rings. The van der Waals surface area contributed by atoms with Gasteiger partial charge in [-0.2, -0.15) is 0 Å². The van der Waals surface area contributed by atoms with E-state index < -0.39 is 0 Å². The second kappa shape index (κ2) is 5.24. The van der Waals surface area contributed by atoms with Crippen molar-refractivity contribution in [3.05, 3.63) is 54.4 Å². The van der Waals surface area contributed by atoms with Crippen LogP contribution < -0.4 is 0 Å². The monoisotopic (exact) mass is 265 g/mol. The van der Waals surface area contributed by atoms with E-state index in [1.807, 2.05) is 0 Å². The van der Waals surface area contributed by atoms with Gasteiger partial charge in [0.25, 0.3) is 0 Å². The van der Waals surface area contributed by atoms with E-state index in [2.05, 4.69) is 69.7 Å². The lowest BCUT2D eigenvalue weighted by molar-refractivity contribution is 0.263. The van der Waals surface area contributed by atoms with Gasteiger partial charge in [0.1, 0.15) is 0 Å². The van der Waals surface area contributed by atoms with E-state index in [1.165, 1.54) is 35.6 Å². The molecular formula is C20H25. The van der Waals surface area contributed by atoms with Crippen LogP contribution in [0.15, 0.2) is 42.5 Å². The van der Waals surface area contributed by atoms with Gasteiger partial charge in [-0.15, -0.1) is 0 Å². The van der Waals surface area contributed by atoms with Crippen molar-refractivity contribution in [2.24, 2.45) is 11.8 Å². The fourth-order valence-electron chi connectivity index (χ4n) is 3.56. The molecule has 0 bridgehead atoms. The Morgan fingerprint density at radius 3 is 2.40 bits per heavy atom. The molecule has 0 heterocycles. The first-order valence-corrected chi connectivity index (χ1v) is 7.90. The Kier molecular flexibility index (Phi) is 3.58. The number of fused-ring (bicyclic) bond motifs is 1. The van der Waals surface area contributed by atoms with Crippen molar-refractivity contribution in [1.29, 1.82) is 0 Å². The molecule has 1 fully saturated rings. The third-order valence-electron chi connectivity index (χ3n) is 5.21. The predicted molar refractivity (Wildman–Crippen MR) is 87.8 cm³/mol. The largest absolute Gasteiger partial charge is 0.0625 e. The van der Waals surface area contributed by atoms with E-state index in [4.69, 9.17) is 0 Å². The third-order valence-corrected chi connectivity index (χ3v) is 5.21. The van der Waals surface area contributed by atoms with Crippen LogP contribution in [-0.2, 0) is 5.41 Å². The van der Waals surface area contributed by atoms with Gasteiger partial charge in [0.2, 0.25) is 0 Å². The molecule has 2 atom stereocenters. The predicted octanol–water partition coefficient (Wildman–Crippen LogP) is 5.76. The first kappa shape index (κ1) is 13.7. The number of benzene rings is 2. The fourth-order valence-corrected chi connectivity index (χ4v) is 3.56. The molecule has 0 nitrogen and oxygen atoms in total. The first-order valence-electron chi connectivity index (χ1n) is 7.90. The molecule has 0 spiro atoms. The van der Waals surface area contributed by atoms with E-state index >= 15 is 0 Å². The molecule has 3 rings (SSSR count). The minimum Gasteiger partial charge on any atom is -0.0625 e. The Labute approximate surface area is 123 Å². The number of hydrogen-bond donors (Lipinski definition) is 0. The van der Waals surface area contributed by atoms with Gasteiger partial charge in [0.15, 0.2) is 0 Å². The highest BCUT2D eigenvalue weighted by atomic mass is 14.4. The summed E-state index contributed by atoms with van der Waals surface area (Å²) in [5.74, 6) is 1.58. The van der Waals surface area contributed by atoms with Crippen LogP contribution in [0.1, 0.15) is 45.6 Å². The van der Waals surface area contributed by atoms with E-state index in [9.17, 15) is 0 Å². The van der Waals surface area contributed by atoms with Crippen LogP contribution in [0.2, 0.25) is 0 Å². The van der Waals surface area contributed by atoms with Crippen molar-refractivity contribution in [1.82, 2.24) is 0 Å². The van der Waals surface area contributed by atoms with Gasteiger partial charge in [-0.3, -0.25) is 0 Å². The fraction of sp³-hybridized carbons (Fsp3) is 0.450. The van der Waals surface area contributed by atoms with Crippen LogP contribution in [0.25, 0.3) is 10.8 Å². The minimum atomic E-state index is 0.240. The highest BCUT2D eigenvalue weighted by molar-refractivity contribution is 5.83. The topological polar surface area (TPSA) is 0 Å². The van der Waals surface area contributed by atoms with Crippen molar-refractivity contribution < 1.29 is 0 Å². The molecule has 1 aliphatic carbocycles. The second-order valence-electron chi connectivity index (χ2n) is 7.04. The lowest BCUT2D eigenvalue weighted by Crippen LogP contribution is -2.32. The molecule has 2 aromatic carbocycles.